The van der Waals surface area contributed by atoms with E-state index < -0.39 is 0 Å². The van der Waals surface area contributed by atoms with Crippen LogP contribution in [0.5, 0.6) is 5.75 Å². The molecule has 1 amide bonds. The third-order valence-electron chi connectivity index (χ3n) is 3.86. The average molecular weight is 290 g/mol. The molecule has 0 aliphatic carbocycles. The number of anilines is 1. The summed E-state index contributed by atoms with van der Waals surface area (Å²) in [6.45, 7) is 6.17. The van der Waals surface area contributed by atoms with Crippen molar-refractivity contribution in [3.63, 3.8) is 0 Å². The van der Waals surface area contributed by atoms with Gasteiger partial charge in [0.1, 0.15) is 5.75 Å². The van der Waals surface area contributed by atoms with Crippen LogP contribution in [0.2, 0.25) is 0 Å². The molecule has 0 atom stereocenters. The summed E-state index contributed by atoms with van der Waals surface area (Å²) in [6.07, 6.45) is 0.897. The normalized spacial score (nSPS) is 15.6. The molecule has 1 saturated heterocycles. The molecular weight excluding hydrogens is 268 g/mol. The number of methoxy groups -OCH3 is 1. The lowest BCUT2D eigenvalue weighted by Gasteiger charge is -2.26. The molecule has 0 spiro atoms. The molecule has 1 aliphatic rings. The van der Waals surface area contributed by atoms with Crippen molar-refractivity contribution in [3.05, 3.63) is 23.8 Å². The lowest BCUT2D eigenvalue weighted by atomic mass is 10.1. The zero-order valence-electron chi connectivity index (χ0n) is 12.9. The molecular formula is C16H22N2O3. The number of benzene rings is 1. The van der Waals surface area contributed by atoms with E-state index in [9.17, 15) is 9.59 Å². The third kappa shape index (κ3) is 3.35. The highest BCUT2D eigenvalue weighted by Gasteiger charge is 2.21. The lowest BCUT2D eigenvalue weighted by Crippen LogP contribution is -2.34. The fraction of sp³-hybridized carbons (Fsp3) is 0.500. The first-order chi connectivity index (χ1) is 10.0. The van der Waals surface area contributed by atoms with E-state index in [0.717, 1.165) is 31.7 Å². The van der Waals surface area contributed by atoms with Crippen LogP contribution < -0.4 is 9.64 Å². The van der Waals surface area contributed by atoms with Gasteiger partial charge in [-0.3, -0.25) is 9.59 Å². The van der Waals surface area contributed by atoms with Gasteiger partial charge in [0.25, 0.3) is 0 Å². The van der Waals surface area contributed by atoms with Crippen molar-refractivity contribution >= 4 is 17.4 Å². The molecule has 114 valence electrons. The zero-order chi connectivity index (χ0) is 15.4. The van der Waals surface area contributed by atoms with Crippen LogP contribution in [0.4, 0.5) is 5.69 Å². The predicted molar refractivity (Wildman–Crippen MR) is 82.1 cm³/mol. The Hall–Kier alpha value is -2.04. The second-order valence-corrected chi connectivity index (χ2v) is 5.26. The molecule has 5 heteroatoms. The van der Waals surface area contributed by atoms with Gasteiger partial charge in [-0.25, -0.2) is 0 Å². The van der Waals surface area contributed by atoms with Crippen LogP contribution in [0.1, 0.15) is 30.6 Å². The summed E-state index contributed by atoms with van der Waals surface area (Å²) >= 11 is 0. The van der Waals surface area contributed by atoms with Crippen LogP contribution in [0.25, 0.3) is 0 Å². The number of nitrogens with zero attached hydrogens (tertiary/aromatic N) is 2. The van der Waals surface area contributed by atoms with Gasteiger partial charge in [0.05, 0.1) is 18.4 Å². The van der Waals surface area contributed by atoms with E-state index in [0.29, 0.717) is 17.9 Å². The molecule has 1 aliphatic heterocycles. The molecule has 1 heterocycles. The van der Waals surface area contributed by atoms with E-state index in [2.05, 4.69) is 4.90 Å². The van der Waals surface area contributed by atoms with Crippen molar-refractivity contribution in [1.82, 2.24) is 4.90 Å². The fourth-order valence-electron chi connectivity index (χ4n) is 2.78. The smallest absolute Gasteiger partial charge is 0.219 e. The minimum absolute atomic E-state index is 0.00452. The molecule has 2 rings (SSSR count). The van der Waals surface area contributed by atoms with Crippen LogP contribution in [0.3, 0.4) is 0 Å². The highest BCUT2D eigenvalue weighted by Crippen LogP contribution is 2.30. The van der Waals surface area contributed by atoms with Gasteiger partial charge < -0.3 is 14.5 Å². The van der Waals surface area contributed by atoms with Crippen molar-refractivity contribution < 1.29 is 14.3 Å². The first-order valence-corrected chi connectivity index (χ1v) is 7.23. The van der Waals surface area contributed by atoms with Crippen molar-refractivity contribution in [1.29, 1.82) is 0 Å². The Kier molecular flexibility index (Phi) is 4.83. The number of rotatable bonds is 3. The molecule has 0 bridgehead atoms. The van der Waals surface area contributed by atoms with E-state index >= 15 is 0 Å². The Labute approximate surface area is 125 Å². The van der Waals surface area contributed by atoms with Crippen LogP contribution in [0.15, 0.2) is 18.2 Å². The second kappa shape index (κ2) is 6.61. The summed E-state index contributed by atoms with van der Waals surface area (Å²) in [7, 11) is 1.57. The number of hydrogen-bond acceptors (Lipinski definition) is 4. The Balaban J connectivity index is 2.29. The van der Waals surface area contributed by atoms with Gasteiger partial charge in [0.2, 0.25) is 5.91 Å². The second-order valence-electron chi connectivity index (χ2n) is 5.26. The molecule has 0 aromatic heterocycles. The zero-order valence-corrected chi connectivity index (χ0v) is 12.9. The number of ether oxygens (including phenoxy) is 1. The highest BCUT2D eigenvalue weighted by atomic mass is 16.5. The van der Waals surface area contributed by atoms with Gasteiger partial charge in [0, 0.05) is 33.1 Å². The number of carbonyl (C=O) groups excluding carboxylic acids is 2. The largest absolute Gasteiger partial charge is 0.496 e. The van der Waals surface area contributed by atoms with Crippen molar-refractivity contribution in [3.8, 4) is 5.75 Å². The molecule has 1 aromatic rings. The Morgan fingerprint density at radius 1 is 1.10 bits per heavy atom. The van der Waals surface area contributed by atoms with Gasteiger partial charge in [-0.2, -0.15) is 0 Å². The summed E-state index contributed by atoms with van der Waals surface area (Å²) < 4.78 is 5.32. The third-order valence-corrected chi connectivity index (χ3v) is 3.86. The SMILES string of the molecule is COc1cccc(N2CCCN(C(C)=O)CC2)c1C(C)=O. The maximum atomic E-state index is 12.0. The standard InChI is InChI=1S/C16H22N2O3/c1-12(19)16-14(6-4-7-15(16)21-3)18-9-5-8-17(10-11-18)13(2)20/h4,6-7H,5,8-11H2,1-3H3. The van der Waals surface area contributed by atoms with Crippen LogP contribution in [0, 0.1) is 0 Å². The van der Waals surface area contributed by atoms with E-state index in [4.69, 9.17) is 4.74 Å². The molecule has 0 unspecified atom stereocenters. The van der Waals surface area contributed by atoms with Gasteiger partial charge in [0.15, 0.2) is 5.78 Å². The first kappa shape index (κ1) is 15.4. The molecule has 0 radical (unpaired) electrons. The Morgan fingerprint density at radius 2 is 1.86 bits per heavy atom. The number of amides is 1. The van der Waals surface area contributed by atoms with Crippen molar-refractivity contribution in [2.75, 3.05) is 38.2 Å². The van der Waals surface area contributed by atoms with Gasteiger partial charge in [-0.05, 0) is 25.5 Å². The van der Waals surface area contributed by atoms with Gasteiger partial charge in [-0.1, -0.05) is 6.07 Å². The van der Waals surface area contributed by atoms with E-state index in [1.165, 1.54) is 0 Å². The van der Waals surface area contributed by atoms with Gasteiger partial charge >= 0.3 is 0 Å². The number of Topliss-reactive ketones (excluding diaryl/α,β-unsaturated/α-hetero) is 1. The van der Waals surface area contributed by atoms with E-state index in [1.54, 1.807) is 27.0 Å². The fourth-order valence-corrected chi connectivity index (χ4v) is 2.78. The van der Waals surface area contributed by atoms with Crippen molar-refractivity contribution in [2.45, 2.75) is 20.3 Å². The first-order valence-electron chi connectivity index (χ1n) is 7.23. The molecule has 0 saturated carbocycles. The number of hydrogen-bond donors (Lipinski definition) is 0. The van der Waals surface area contributed by atoms with E-state index in [1.807, 2.05) is 17.0 Å². The summed E-state index contributed by atoms with van der Waals surface area (Å²) in [5, 5.41) is 0. The number of ketones is 1. The number of carbonyl (C=O) groups is 2. The maximum Gasteiger partial charge on any atom is 0.219 e. The van der Waals surface area contributed by atoms with Crippen LogP contribution in [-0.2, 0) is 4.79 Å². The monoisotopic (exact) mass is 290 g/mol. The summed E-state index contributed by atoms with van der Waals surface area (Å²) in [4.78, 5) is 27.5. The quantitative estimate of drug-likeness (QED) is 0.799. The summed E-state index contributed by atoms with van der Waals surface area (Å²) in [6, 6.07) is 5.65. The minimum Gasteiger partial charge on any atom is -0.496 e. The predicted octanol–water partition coefficient (Wildman–Crippen LogP) is 1.96. The van der Waals surface area contributed by atoms with Gasteiger partial charge in [-0.15, -0.1) is 0 Å². The molecule has 0 N–H and O–H groups in total. The van der Waals surface area contributed by atoms with Crippen LogP contribution in [-0.4, -0.2) is 49.9 Å². The van der Waals surface area contributed by atoms with Crippen LogP contribution >= 0.6 is 0 Å². The van der Waals surface area contributed by atoms with E-state index in [-0.39, 0.29) is 11.7 Å². The average Bonchev–Trinajstić information content (AvgIpc) is 2.72. The lowest BCUT2D eigenvalue weighted by molar-refractivity contribution is -0.128. The molecule has 1 fully saturated rings. The van der Waals surface area contributed by atoms with Crippen molar-refractivity contribution in [2.24, 2.45) is 0 Å². The summed E-state index contributed by atoms with van der Waals surface area (Å²) in [5.41, 5.74) is 1.52. The molecule has 21 heavy (non-hydrogen) atoms. The Morgan fingerprint density at radius 3 is 2.48 bits per heavy atom. The highest BCUT2D eigenvalue weighted by molar-refractivity contribution is 6.02. The minimum atomic E-state index is -0.00452. The maximum absolute atomic E-state index is 12.0. The topological polar surface area (TPSA) is 49.9 Å². The molecule has 5 nitrogen and oxygen atoms in total. The summed E-state index contributed by atoms with van der Waals surface area (Å²) in [5.74, 6) is 0.706. The molecule has 1 aromatic carbocycles. The Bertz CT molecular complexity index is 542.